The number of carbonyl (C=O) groups excluding carboxylic acids is 1. The Kier molecular flexibility index (Phi) is 4.56. The van der Waals surface area contributed by atoms with Crippen LogP contribution >= 0.6 is 15.9 Å². The maximum atomic E-state index is 12.6. The molecule has 0 aliphatic heterocycles. The van der Waals surface area contributed by atoms with Crippen LogP contribution in [0.15, 0.2) is 24.3 Å². The van der Waals surface area contributed by atoms with E-state index in [0.717, 1.165) is 12.1 Å². The minimum atomic E-state index is -4.52. The van der Waals surface area contributed by atoms with Crippen molar-refractivity contribution in [3.8, 4) is 0 Å². The second-order valence-electron chi connectivity index (χ2n) is 3.53. The monoisotopic (exact) mass is 309 g/mol. The van der Waals surface area contributed by atoms with Gasteiger partial charge in [-0.1, -0.05) is 35.0 Å². The van der Waals surface area contributed by atoms with Crippen LogP contribution in [0.25, 0.3) is 0 Å². The Labute approximate surface area is 105 Å². The largest absolute Gasteiger partial charge is 0.417 e. The first-order chi connectivity index (χ1) is 7.82. The zero-order chi connectivity index (χ0) is 13.1. The second-order valence-corrected chi connectivity index (χ2v) is 5.10. The number of alkyl halides is 4. The Balaban J connectivity index is 2.94. The quantitative estimate of drug-likeness (QED) is 0.853. The smallest absolute Gasteiger partial charge is 0.351 e. The molecule has 1 amide bonds. The molecule has 0 saturated heterocycles. The van der Waals surface area contributed by atoms with Gasteiger partial charge < -0.3 is 5.32 Å². The SMILES string of the molecule is CC(Br)CNC(=O)c1ccccc1C(F)(F)F. The number of nitrogens with one attached hydrogen (secondary N) is 1. The molecular weight excluding hydrogens is 299 g/mol. The number of amides is 1. The molecule has 0 spiro atoms. The normalized spacial score (nSPS) is 13.2. The van der Waals surface area contributed by atoms with Crippen molar-refractivity contribution in [1.82, 2.24) is 5.32 Å². The van der Waals surface area contributed by atoms with Gasteiger partial charge in [0.1, 0.15) is 0 Å². The third kappa shape index (κ3) is 4.03. The summed E-state index contributed by atoms with van der Waals surface area (Å²) in [6.07, 6.45) is -4.52. The zero-order valence-corrected chi connectivity index (χ0v) is 10.6. The molecule has 1 unspecified atom stereocenters. The summed E-state index contributed by atoms with van der Waals surface area (Å²) in [5, 5.41) is 2.43. The maximum absolute atomic E-state index is 12.6. The fraction of sp³-hybridized carbons (Fsp3) is 0.364. The first-order valence-electron chi connectivity index (χ1n) is 4.91. The molecule has 1 N–H and O–H groups in total. The molecule has 2 nitrogen and oxygen atoms in total. The molecule has 0 heterocycles. The Morgan fingerprint density at radius 1 is 1.41 bits per heavy atom. The van der Waals surface area contributed by atoms with Gasteiger partial charge in [-0.3, -0.25) is 4.79 Å². The van der Waals surface area contributed by atoms with E-state index in [0.29, 0.717) is 0 Å². The Hall–Kier alpha value is -1.04. The lowest BCUT2D eigenvalue weighted by molar-refractivity contribution is -0.137. The van der Waals surface area contributed by atoms with E-state index in [9.17, 15) is 18.0 Å². The lowest BCUT2D eigenvalue weighted by Crippen LogP contribution is -2.30. The molecule has 1 aromatic carbocycles. The molecule has 0 aliphatic carbocycles. The highest BCUT2D eigenvalue weighted by atomic mass is 79.9. The van der Waals surface area contributed by atoms with Crippen molar-refractivity contribution in [2.24, 2.45) is 0 Å². The van der Waals surface area contributed by atoms with E-state index < -0.39 is 17.6 Å². The molecule has 94 valence electrons. The molecule has 1 rings (SSSR count). The van der Waals surface area contributed by atoms with Gasteiger partial charge in [0, 0.05) is 11.4 Å². The molecule has 0 fully saturated rings. The summed E-state index contributed by atoms with van der Waals surface area (Å²) in [5.41, 5.74) is -1.27. The van der Waals surface area contributed by atoms with E-state index in [1.807, 2.05) is 0 Å². The number of rotatable bonds is 3. The van der Waals surface area contributed by atoms with E-state index in [2.05, 4.69) is 21.2 Å². The van der Waals surface area contributed by atoms with Gasteiger partial charge in [-0.25, -0.2) is 0 Å². The Morgan fingerprint density at radius 3 is 2.53 bits per heavy atom. The van der Waals surface area contributed by atoms with Crippen molar-refractivity contribution in [2.75, 3.05) is 6.54 Å². The van der Waals surface area contributed by atoms with E-state index in [-0.39, 0.29) is 16.9 Å². The van der Waals surface area contributed by atoms with Crippen LogP contribution in [0.1, 0.15) is 22.8 Å². The van der Waals surface area contributed by atoms with Crippen LogP contribution in [0.5, 0.6) is 0 Å². The van der Waals surface area contributed by atoms with Gasteiger partial charge in [0.2, 0.25) is 0 Å². The van der Waals surface area contributed by atoms with Crippen molar-refractivity contribution in [2.45, 2.75) is 17.9 Å². The van der Waals surface area contributed by atoms with Gasteiger partial charge in [-0.2, -0.15) is 13.2 Å². The molecular formula is C11H11BrF3NO. The number of hydrogen-bond donors (Lipinski definition) is 1. The van der Waals surface area contributed by atoms with Crippen molar-refractivity contribution in [3.05, 3.63) is 35.4 Å². The molecule has 1 atom stereocenters. The summed E-state index contributed by atoms with van der Waals surface area (Å²) in [6, 6.07) is 4.72. The lowest BCUT2D eigenvalue weighted by Gasteiger charge is -2.13. The molecule has 1 aromatic rings. The average Bonchev–Trinajstić information content (AvgIpc) is 2.24. The number of halogens is 4. The van der Waals surface area contributed by atoms with E-state index >= 15 is 0 Å². The van der Waals surface area contributed by atoms with E-state index in [4.69, 9.17) is 0 Å². The summed E-state index contributed by atoms with van der Waals surface area (Å²) < 4.78 is 37.9. The van der Waals surface area contributed by atoms with Crippen LogP contribution in [0, 0.1) is 0 Å². The number of carbonyl (C=O) groups is 1. The predicted molar refractivity (Wildman–Crippen MR) is 62.2 cm³/mol. The Bertz CT molecular complexity index is 404. The second kappa shape index (κ2) is 5.53. The standard InChI is InChI=1S/C11H11BrF3NO/c1-7(12)6-16-10(17)8-4-2-3-5-9(8)11(13,14)15/h2-5,7H,6H2,1H3,(H,16,17). The van der Waals surface area contributed by atoms with Gasteiger partial charge in [-0.05, 0) is 12.1 Å². The highest BCUT2D eigenvalue weighted by molar-refractivity contribution is 9.09. The number of benzene rings is 1. The fourth-order valence-corrected chi connectivity index (χ4v) is 1.42. The molecule has 0 radical (unpaired) electrons. The van der Waals surface area contributed by atoms with Gasteiger partial charge in [-0.15, -0.1) is 0 Å². The van der Waals surface area contributed by atoms with Crippen LogP contribution in [0.4, 0.5) is 13.2 Å². The predicted octanol–water partition coefficient (Wildman–Crippen LogP) is 3.22. The minimum absolute atomic E-state index is 0.00417. The molecule has 17 heavy (non-hydrogen) atoms. The summed E-state index contributed by atoms with van der Waals surface area (Å²) in [6.45, 7) is 2.06. The summed E-state index contributed by atoms with van der Waals surface area (Å²) in [4.78, 5) is 11.6. The summed E-state index contributed by atoms with van der Waals surface area (Å²) in [5.74, 6) is -0.718. The van der Waals surface area contributed by atoms with Crippen molar-refractivity contribution >= 4 is 21.8 Å². The minimum Gasteiger partial charge on any atom is -0.351 e. The third-order valence-corrected chi connectivity index (χ3v) is 2.34. The molecule has 0 aliphatic rings. The Morgan fingerprint density at radius 2 is 2.00 bits per heavy atom. The lowest BCUT2D eigenvalue weighted by atomic mass is 10.1. The van der Waals surface area contributed by atoms with Gasteiger partial charge >= 0.3 is 6.18 Å². The van der Waals surface area contributed by atoms with Crippen molar-refractivity contribution in [3.63, 3.8) is 0 Å². The van der Waals surface area contributed by atoms with Crippen LogP contribution in [0.3, 0.4) is 0 Å². The van der Waals surface area contributed by atoms with Crippen molar-refractivity contribution < 1.29 is 18.0 Å². The van der Waals surface area contributed by atoms with E-state index in [1.54, 1.807) is 6.92 Å². The van der Waals surface area contributed by atoms with Gasteiger partial charge in [0.05, 0.1) is 11.1 Å². The molecule has 0 saturated carbocycles. The first kappa shape index (κ1) is 14.0. The van der Waals surface area contributed by atoms with Gasteiger partial charge in [0.15, 0.2) is 0 Å². The average molecular weight is 310 g/mol. The molecule has 0 aromatic heterocycles. The summed E-state index contributed by atoms with van der Waals surface area (Å²) in [7, 11) is 0. The fourth-order valence-electron chi connectivity index (χ4n) is 1.26. The highest BCUT2D eigenvalue weighted by Crippen LogP contribution is 2.31. The van der Waals surface area contributed by atoms with E-state index in [1.165, 1.54) is 12.1 Å². The van der Waals surface area contributed by atoms with Gasteiger partial charge in [0.25, 0.3) is 5.91 Å². The highest BCUT2D eigenvalue weighted by Gasteiger charge is 2.34. The van der Waals surface area contributed by atoms with Crippen LogP contribution in [-0.4, -0.2) is 17.3 Å². The summed E-state index contributed by atoms with van der Waals surface area (Å²) >= 11 is 3.20. The molecule has 6 heteroatoms. The third-order valence-electron chi connectivity index (χ3n) is 2.02. The topological polar surface area (TPSA) is 29.1 Å². The first-order valence-corrected chi connectivity index (χ1v) is 5.82. The number of hydrogen-bond acceptors (Lipinski definition) is 1. The van der Waals surface area contributed by atoms with Crippen LogP contribution in [0.2, 0.25) is 0 Å². The zero-order valence-electron chi connectivity index (χ0n) is 9.01. The molecule has 0 bridgehead atoms. The van der Waals surface area contributed by atoms with Crippen molar-refractivity contribution in [1.29, 1.82) is 0 Å². The maximum Gasteiger partial charge on any atom is 0.417 e. The van der Waals surface area contributed by atoms with Crippen LogP contribution in [-0.2, 0) is 6.18 Å². The van der Waals surface area contributed by atoms with Crippen LogP contribution < -0.4 is 5.32 Å².